The highest BCUT2D eigenvalue weighted by Crippen LogP contribution is 2.20. The Bertz CT molecular complexity index is 342. The first-order valence-corrected chi connectivity index (χ1v) is 6.10. The van der Waals surface area contributed by atoms with Gasteiger partial charge in [0.2, 0.25) is 0 Å². The number of hydrogen-bond donors (Lipinski definition) is 1. The summed E-state index contributed by atoms with van der Waals surface area (Å²) in [5.74, 6) is -0.240. The largest absolute Gasteiger partial charge is 0.380 e. The van der Waals surface area contributed by atoms with E-state index in [4.69, 9.17) is 10.5 Å². The van der Waals surface area contributed by atoms with Gasteiger partial charge >= 0.3 is 0 Å². The first-order valence-electron chi connectivity index (χ1n) is 5.30. The van der Waals surface area contributed by atoms with E-state index >= 15 is 0 Å². The summed E-state index contributed by atoms with van der Waals surface area (Å²) in [7, 11) is 1.65. The molecule has 0 amide bonds. The van der Waals surface area contributed by atoms with Gasteiger partial charge in [0.1, 0.15) is 5.82 Å². The van der Waals surface area contributed by atoms with E-state index in [9.17, 15) is 4.39 Å². The van der Waals surface area contributed by atoms with Gasteiger partial charge in [-0.1, -0.05) is 22.9 Å². The molecule has 0 spiro atoms. The molecular formula is C12H17BrFNO. The van der Waals surface area contributed by atoms with Crippen molar-refractivity contribution in [1.29, 1.82) is 0 Å². The Kier molecular flexibility index (Phi) is 5.38. The van der Waals surface area contributed by atoms with E-state index in [0.29, 0.717) is 6.42 Å². The number of methoxy groups -OCH3 is 1. The minimum Gasteiger partial charge on any atom is -0.380 e. The molecule has 2 atom stereocenters. The summed E-state index contributed by atoms with van der Waals surface area (Å²) >= 11 is 3.39. The highest BCUT2D eigenvalue weighted by atomic mass is 79.9. The van der Waals surface area contributed by atoms with E-state index in [-0.39, 0.29) is 18.0 Å². The van der Waals surface area contributed by atoms with Crippen LogP contribution in [0.5, 0.6) is 0 Å². The maximum absolute atomic E-state index is 13.1. The maximum Gasteiger partial charge on any atom is 0.123 e. The lowest BCUT2D eigenvalue weighted by atomic mass is 10.0. The molecule has 0 aliphatic rings. The lowest BCUT2D eigenvalue weighted by Gasteiger charge is -2.21. The molecule has 0 aromatic heterocycles. The van der Waals surface area contributed by atoms with Gasteiger partial charge in [-0.25, -0.2) is 4.39 Å². The summed E-state index contributed by atoms with van der Waals surface area (Å²) in [6.07, 6.45) is 1.46. The summed E-state index contributed by atoms with van der Waals surface area (Å²) in [4.78, 5) is 0. The standard InChI is InChI=1S/C12H17BrFNO/c1-3-12(16-2)11(15)7-8-6-9(14)4-5-10(8)13/h4-6,11-12H,3,7,15H2,1-2H3. The molecule has 0 saturated carbocycles. The van der Waals surface area contributed by atoms with E-state index in [1.54, 1.807) is 13.2 Å². The summed E-state index contributed by atoms with van der Waals surface area (Å²) in [5, 5.41) is 0. The van der Waals surface area contributed by atoms with Gasteiger partial charge < -0.3 is 10.5 Å². The second-order valence-corrected chi connectivity index (χ2v) is 4.64. The number of ether oxygens (including phenoxy) is 1. The summed E-state index contributed by atoms with van der Waals surface area (Å²) in [5.41, 5.74) is 6.90. The van der Waals surface area contributed by atoms with Crippen LogP contribution in [0.15, 0.2) is 22.7 Å². The van der Waals surface area contributed by atoms with Crippen LogP contribution in [-0.4, -0.2) is 19.3 Å². The fraction of sp³-hybridized carbons (Fsp3) is 0.500. The molecule has 1 aromatic carbocycles. The quantitative estimate of drug-likeness (QED) is 0.905. The maximum atomic E-state index is 13.1. The van der Waals surface area contributed by atoms with Crippen molar-refractivity contribution in [3.05, 3.63) is 34.1 Å². The van der Waals surface area contributed by atoms with Crippen LogP contribution < -0.4 is 5.73 Å². The van der Waals surface area contributed by atoms with Crippen LogP contribution in [0.2, 0.25) is 0 Å². The molecule has 16 heavy (non-hydrogen) atoms. The van der Waals surface area contributed by atoms with Gasteiger partial charge in [0.25, 0.3) is 0 Å². The van der Waals surface area contributed by atoms with Crippen LogP contribution in [0.25, 0.3) is 0 Å². The number of hydrogen-bond acceptors (Lipinski definition) is 2. The van der Waals surface area contributed by atoms with Crippen molar-refractivity contribution in [2.45, 2.75) is 31.9 Å². The molecule has 0 heterocycles. The Morgan fingerprint density at radius 2 is 2.19 bits per heavy atom. The monoisotopic (exact) mass is 289 g/mol. The Balaban J connectivity index is 2.75. The Morgan fingerprint density at radius 3 is 2.75 bits per heavy atom. The second kappa shape index (κ2) is 6.33. The highest BCUT2D eigenvalue weighted by Gasteiger charge is 2.17. The van der Waals surface area contributed by atoms with Crippen molar-refractivity contribution >= 4 is 15.9 Å². The molecule has 2 unspecified atom stereocenters. The third-order valence-corrected chi connectivity index (χ3v) is 3.42. The van der Waals surface area contributed by atoms with E-state index in [1.807, 2.05) is 6.92 Å². The zero-order valence-electron chi connectivity index (χ0n) is 9.54. The number of rotatable bonds is 5. The molecule has 0 aliphatic carbocycles. The molecule has 0 radical (unpaired) electrons. The van der Waals surface area contributed by atoms with Crippen LogP contribution in [0, 0.1) is 5.82 Å². The van der Waals surface area contributed by atoms with Gasteiger partial charge in [-0.15, -0.1) is 0 Å². The molecule has 0 bridgehead atoms. The van der Waals surface area contributed by atoms with Crippen LogP contribution in [-0.2, 0) is 11.2 Å². The van der Waals surface area contributed by atoms with E-state index < -0.39 is 0 Å². The Morgan fingerprint density at radius 1 is 1.50 bits per heavy atom. The van der Waals surface area contributed by atoms with Gasteiger partial charge in [-0.05, 0) is 36.6 Å². The lowest BCUT2D eigenvalue weighted by molar-refractivity contribution is 0.0772. The smallest absolute Gasteiger partial charge is 0.123 e. The van der Waals surface area contributed by atoms with Crippen molar-refractivity contribution in [2.24, 2.45) is 5.73 Å². The predicted octanol–water partition coefficient (Wildman–Crippen LogP) is 2.88. The molecular weight excluding hydrogens is 273 g/mol. The molecule has 0 aliphatic heterocycles. The van der Waals surface area contributed by atoms with Crippen LogP contribution >= 0.6 is 15.9 Å². The van der Waals surface area contributed by atoms with Gasteiger partial charge in [-0.2, -0.15) is 0 Å². The number of benzene rings is 1. The topological polar surface area (TPSA) is 35.2 Å². The SMILES string of the molecule is CCC(OC)C(N)Cc1cc(F)ccc1Br. The van der Waals surface area contributed by atoms with E-state index in [0.717, 1.165) is 16.5 Å². The van der Waals surface area contributed by atoms with Crippen LogP contribution in [0.3, 0.4) is 0 Å². The van der Waals surface area contributed by atoms with Crippen LogP contribution in [0.4, 0.5) is 4.39 Å². The summed E-state index contributed by atoms with van der Waals surface area (Å²) < 4.78 is 19.2. The second-order valence-electron chi connectivity index (χ2n) is 3.79. The fourth-order valence-electron chi connectivity index (χ4n) is 1.73. The number of halogens is 2. The van der Waals surface area contributed by atoms with Crippen molar-refractivity contribution in [2.75, 3.05) is 7.11 Å². The highest BCUT2D eigenvalue weighted by molar-refractivity contribution is 9.10. The van der Waals surface area contributed by atoms with Gasteiger partial charge in [0.15, 0.2) is 0 Å². The minimum absolute atomic E-state index is 0.00941. The molecule has 0 saturated heterocycles. The van der Waals surface area contributed by atoms with Gasteiger partial charge in [0.05, 0.1) is 6.10 Å². The zero-order chi connectivity index (χ0) is 12.1. The first kappa shape index (κ1) is 13.6. The van der Waals surface area contributed by atoms with Crippen LogP contribution in [0.1, 0.15) is 18.9 Å². The zero-order valence-corrected chi connectivity index (χ0v) is 11.1. The molecule has 4 heteroatoms. The summed E-state index contributed by atoms with van der Waals surface area (Å²) in [6, 6.07) is 4.51. The minimum atomic E-state index is -0.240. The Hall–Kier alpha value is -0.450. The van der Waals surface area contributed by atoms with Gasteiger partial charge in [-0.3, -0.25) is 0 Å². The Labute approximate surface area is 104 Å². The molecule has 90 valence electrons. The molecule has 1 aromatic rings. The third kappa shape index (κ3) is 3.54. The fourth-order valence-corrected chi connectivity index (χ4v) is 2.14. The average molecular weight is 290 g/mol. The van der Waals surface area contributed by atoms with Crippen molar-refractivity contribution in [3.8, 4) is 0 Å². The third-order valence-electron chi connectivity index (χ3n) is 2.65. The molecule has 2 N–H and O–H groups in total. The molecule has 1 rings (SSSR count). The molecule has 2 nitrogen and oxygen atoms in total. The van der Waals surface area contributed by atoms with Gasteiger partial charge in [0, 0.05) is 17.6 Å². The van der Waals surface area contributed by atoms with Crippen molar-refractivity contribution in [3.63, 3.8) is 0 Å². The average Bonchev–Trinajstić information content (AvgIpc) is 2.25. The molecule has 0 fully saturated rings. The number of nitrogens with two attached hydrogens (primary N) is 1. The van der Waals surface area contributed by atoms with Crippen molar-refractivity contribution < 1.29 is 9.13 Å². The van der Waals surface area contributed by atoms with Crippen molar-refractivity contribution in [1.82, 2.24) is 0 Å². The van der Waals surface area contributed by atoms with E-state index in [2.05, 4.69) is 15.9 Å². The first-order chi connectivity index (χ1) is 7.58. The lowest BCUT2D eigenvalue weighted by Crippen LogP contribution is -2.37. The normalized spacial score (nSPS) is 14.8. The van der Waals surface area contributed by atoms with E-state index in [1.165, 1.54) is 12.1 Å². The predicted molar refractivity (Wildman–Crippen MR) is 66.9 cm³/mol. The summed E-state index contributed by atoms with van der Waals surface area (Å²) in [6.45, 7) is 2.02.